The van der Waals surface area contributed by atoms with Crippen LogP contribution >= 0.6 is 11.6 Å². The molecule has 19 heavy (non-hydrogen) atoms. The Kier molecular flexibility index (Phi) is 4.40. The van der Waals surface area contributed by atoms with Gasteiger partial charge in [0.2, 0.25) is 0 Å². The van der Waals surface area contributed by atoms with Gasteiger partial charge in [-0.15, -0.1) is 0 Å². The summed E-state index contributed by atoms with van der Waals surface area (Å²) in [5, 5.41) is 0.686. The van der Waals surface area contributed by atoms with Crippen LogP contribution in [0.25, 0.3) is 0 Å². The minimum atomic E-state index is -0.503. The Bertz CT molecular complexity index is 574. The molecule has 2 N–H and O–H groups in total. The third-order valence-corrected chi connectivity index (χ3v) is 3.29. The van der Waals surface area contributed by atoms with Gasteiger partial charge in [0.05, 0.1) is 6.04 Å². The van der Waals surface area contributed by atoms with Crippen molar-refractivity contribution < 1.29 is 9.13 Å². The first-order valence-electron chi connectivity index (χ1n) is 5.97. The van der Waals surface area contributed by atoms with Gasteiger partial charge in [-0.3, -0.25) is 0 Å². The van der Waals surface area contributed by atoms with Gasteiger partial charge in [0.25, 0.3) is 0 Å². The SMILES string of the molecule is Cc1cc(OCC(N)c2ccccc2F)ccc1Cl. The summed E-state index contributed by atoms with van der Waals surface area (Å²) >= 11 is 5.93. The second-order valence-corrected chi connectivity index (χ2v) is 4.76. The third-order valence-electron chi connectivity index (χ3n) is 2.86. The van der Waals surface area contributed by atoms with Crippen molar-refractivity contribution in [2.45, 2.75) is 13.0 Å². The van der Waals surface area contributed by atoms with Crippen LogP contribution in [0.15, 0.2) is 42.5 Å². The first-order valence-corrected chi connectivity index (χ1v) is 6.34. The van der Waals surface area contributed by atoms with E-state index in [1.165, 1.54) is 6.07 Å². The molecule has 2 aromatic carbocycles. The molecule has 0 bridgehead atoms. The molecule has 0 saturated carbocycles. The van der Waals surface area contributed by atoms with E-state index in [1.54, 1.807) is 30.3 Å². The van der Waals surface area contributed by atoms with Crippen molar-refractivity contribution in [3.05, 3.63) is 64.4 Å². The molecule has 2 aromatic rings. The Labute approximate surface area is 117 Å². The van der Waals surface area contributed by atoms with E-state index in [2.05, 4.69) is 0 Å². The molecule has 0 spiro atoms. The topological polar surface area (TPSA) is 35.2 Å². The molecule has 0 fully saturated rings. The molecule has 0 aliphatic rings. The van der Waals surface area contributed by atoms with Gasteiger partial charge >= 0.3 is 0 Å². The van der Waals surface area contributed by atoms with Gasteiger partial charge in [-0.1, -0.05) is 29.8 Å². The zero-order chi connectivity index (χ0) is 13.8. The first-order chi connectivity index (χ1) is 9.08. The third kappa shape index (κ3) is 3.46. The van der Waals surface area contributed by atoms with Gasteiger partial charge in [-0.05, 0) is 36.8 Å². The maximum Gasteiger partial charge on any atom is 0.128 e. The molecular formula is C15H15ClFNO. The Morgan fingerprint density at radius 3 is 2.68 bits per heavy atom. The summed E-state index contributed by atoms with van der Waals surface area (Å²) in [6.07, 6.45) is 0. The lowest BCUT2D eigenvalue weighted by atomic mass is 10.1. The smallest absolute Gasteiger partial charge is 0.128 e. The quantitative estimate of drug-likeness (QED) is 0.922. The van der Waals surface area contributed by atoms with Crippen LogP contribution in [0.4, 0.5) is 4.39 Å². The van der Waals surface area contributed by atoms with Crippen LogP contribution in [0.2, 0.25) is 5.02 Å². The maximum atomic E-state index is 13.5. The highest BCUT2D eigenvalue weighted by Crippen LogP contribution is 2.22. The molecule has 0 amide bonds. The fourth-order valence-corrected chi connectivity index (χ4v) is 1.88. The average Bonchev–Trinajstić information content (AvgIpc) is 2.40. The molecule has 0 aromatic heterocycles. The van der Waals surface area contributed by atoms with E-state index in [-0.39, 0.29) is 12.4 Å². The summed E-state index contributed by atoms with van der Waals surface area (Å²) in [6, 6.07) is 11.3. The Balaban J connectivity index is 2.02. The minimum Gasteiger partial charge on any atom is -0.492 e. The van der Waals surface area contributed by atoms with Gasteiger partial charge in [-0.25, -0.2) is 4.39 Å². The summed E-state index contributed by atoms with van der Waals surface area (Å²) in [5.74, 6) is 0.361. The van der Waals surface area contributed by atoms with Crippen molar-refractivity contribution in [1.82, 2.24) is 0 Å². The Hall–Kier alpha value is -1.58. The van der Waals surface area contributed by atoms with E-state index in [4.69, 9.17) is 22.1 Å². The summed E-state index contributed by atoms with van der Waals surface area (Å²) in [7, 11) is 0. The maximum absolute atomic E-state index is 13.5. The van der Waals surface area contributed by atoms with Crippen LogP contribution < -0.4 is 10.5 Å². The van der Waals surface area contributed by atoms with Gasteiger partial charge in [0.1, 0.15) is 18.2 Å². The van der Waals surface area contributed by atoms with E-state index < -0.39 is 6.04 Å². The van der Waals surface area contributed by atoms with Crippen molar-refractivity contribution >= 4 is 11.6 Å². The zero-order valence-corrected chi connectivity index (χ0v) is 11.3. The molecular weight excluding hydrogens is 265 g/mol. The largest absolute Gasteiger partial charge is 0.492 e. The number of ether oxygens (including phenoxy) is 1. The summed E-state index contributed by atoms with van der Waals surface area (Å²) in [4.78, 5) is 0. The second-order valence-electron chi connectivity index (χ2n) is 4.35. The number of hydrogen-bond donors (Lipinski definition) is 1. The van der Waals surface area contributed by atoms with E-state index >= 15 is 0 Å². The first kappa shape index (κ1) is 13.8. The summed E-state index contributed by atoms with van der Waals surface area (Å²) in [5.41, 5.74) is 7.30. The summed E-state index contributed by atoms with van der Waals surface area (Å²) in [6.45, 7) is 2.11. The average molecular weight is 280 g/mol. The van der Waals surface area contributed by atoms with Crippen LogP contribution in [0.1, 0.15) is 17.2 Å². The monoisotopic (exact) mass is 279 g/mol. The molecule has 0 saturated heterocycles. The Morgan fingerprint density at radius 1 is 1.26 bits per heavy atom. The van der Waals surface area contributed by atoms with Crippen molar-refractivity contribution in [3.8, 4) is 5.75 Å². The normalized spacial score (nSPS) is 12.2. The second kappa shape index (κ2) is 6.04. The predicted molar refractivity (Wildman–Crippen MR) is 75.0 cm³/mol. The lowest BCUT2D eigenvalue weighted by Gasteiger charge is -2.14. The van der Waals surface area contributed by atoms with Crippen LogP contribution in [-0.4, -0.2) is 6.61 Å². The number of rotatable bonds is 4. The zero-order valence-electron chi connectivity index (χ0n) is 10.6. The minimum absolute atomic E-state index is 0.210. The molecule has 0 radical (unpaired) electrons. The highest BCUT2D eigenvalue weighted by atomic mass is 35.5. The molecule has 2 rings (SSSR count). The molecule has 2 nitrogen and oxygen atoms in total. The van der Waals surface area contributed by atoms with Crippen molar-refractivity contribution in [2.24, 2.45) is 5.73 Å². The number of nitrogens with two attached hydrogens (primary N) is 1. The van der Waals surface area contributed by atoms with Crippen LogP contribution in [0.5, 0.6) is 5.75 Å². The highest BCUT2D eigenvalue weighted by Gasteiger charge is 2.11. The lowest BCUT2D eigenvalue weighted by Crippen LogP contribution is -2.20. The number of halogens is 2. The van der Waals surface area contributed by atoms with E-state index in [1.807, 2.05) is 13.0 Å². The van der Waals surface area contributed by atoms with Gasteiger partial charge < -0.3 is 10.5 Å². The van der Waals surface area contributed by atoms with E-state index in [0.29, 0.717) is 16.3 Å². The van der Waals surface area contributed by atoms with E-state index in [9.17, 15) is 4.39 Å². The van der Waals surface area contributed by atoms with Gasteiger partial charge in [-0.2, -0.15) is 0 Å². The molecule has 0 heterocycles. The molecule has 0 aliphatic heterocycles. The van der Waals surface area contributed by atoms with Gasteiger partial charge in [0, 0.05) is 10.6 Å². The van der Waals surface area contributed by atoms with Crippen LogP contribution in [-0.2, 0) is 0 Å². The van der Waals surface area contributed by atoms with Crippen molar-refractivity contribution in [1.29, 1.82) is 0 Å². The standard InChI is InChI=1S/C15H15ClFNO/c1-10-8-11(6-7-13(10)16)19-9-15(18)12-4-2-3-5-14(12)17/h2-8,15H,9,18H2,1H3. The predicted octanol–water partition coefficient (Wildman–Crippen LogP) is 3.87. The van der Waals surface area contributed by atoms with Crippen molar-refractivity contribution in [2.75, 3.05) is 6.61 Å². The highest BCUT2D eigenvalue weighted by molar-refractivity contribution is 6.31. The number of aryl methyl sites for hydroxylation is 1. The molecule has 4 heteroatoms. The fraction of sp³-hybridized carbons (Fsp3) is 0.200. The molecule has 1 unspecified atom stereocenters. The van der Waals surface area contributed by atoms with Crippen molar-refractivity contribution in [3.63, 3.8) is 0 Å². The van der Waals surface area contributed by atoms with Crippen LogP contribution in [0, 0.1) is 12.7 Å². The van der Waals surface area contributed by atoms with E-state index in [0.717, 1.165) is 5.56 Å². The lowest BCUT2D eigenvalue weighted by molar-refractivity contribution is 0.287. The fourth-order valence-electron chi connectivity index (χ4n) is 1.76. The molecule has 1 atom stereocenters. The molecule has 100 valence electrons. The van der Waals surface area contributed by atoms with Gasteiger partial charge in [0.15, 0.2) is 0 Å². The Morgan fingerprint density at radius 2 is 2.00 bits per heavy atom. The summed E-state index contributed by atoms with van der Waals surface area (Å²) < 4.78 is 19.1. The molecule has 0 aliphatic carbocycles. The van der Waals surface area contributed by atoms with Crippen LogP contribution in [0.3, 0.4) is 0 Å². The number of hydrogen-bond acceptors (Lipinski definition) is 2. The number of benzene rings is 2.